The van der Waals surface area contributed by atoms with Gasteiger partial charge >= 0.3 is 0 Å². The van der Waals surface area contributed by atoms with Crippen molar-refractivity contribution in [3.63, 3.8) is 0 Å². The van der Waals surface area contributed by atoms with E-state index in [-0.39, 0.29) is 4.90 Å². The van der Waals surface area contributed by atoms with Crippen LogP contribution in [-0.2, 0) is 16.6 Å². The van der Waals surface area contributed by atoms with Gasteiger partial charge in [-0.1, -0.05) is 59.6 Å². The molecule has 0 bridgehead atoms. The molecule has 1 heterocycles. The summed E-state index contributed by atoms with van der Waals surface area (Å²) in [7, 11) is -3.72. The quantitative estimate of drug-likeness (QED) is 0.472. The van der Waals surface area contributed by atoms with Gasteiger partial charge in [-0.3, -0.25) is 9.40 Å². The predicted molar refractivity (Wildman–Crippen MR) is 113 cm³/mol. The summed E-state index contributed by atoms with van der Waals surface area (Å²) in [6, 6.07) is 17.9. The number of fused-ring (bicyclic) bond motifs is 1. The normalized spacial score (nSPS) is 11.6. The minimum Gasteiger partial charge on any atom is -0.276 e. The van der Waals surface area contributed by atoms with Gasteiger partial charge in [-0.15, -0.1) is 0 Å². The average Bonchev–Trinajstić information content (AvgIpc) is 3.10. The highest BCUT2D eigenvalue weighted by Crippen LogP contribution is 2.24. The molecule has 0 spiro atoms. The number of halogens is 2. The molecule has 0 amide bonds. The predicted octanol–water partition coefficient (Wildman–Crippen LogP) is 5.19. The maximum Gasteiger partial charge on any atom is 0.262 e. The van der Waals surface area contributed by atoms with Crippen molar-refractivity contribution in [1.29, 1.82) is 0 Å². The molecule has 142 valence electrons. The molecule has 8 heteroatoms. The molecule has 4 rings (SSSR count). The molecular weight excluding hydrogens is 417 g/mol. The number of hydrogen-bond acceptors (Lipinski definition) is 3. The number of rotatable bonds is 5. The lowest BCUT2D eigenvalue weighted by atomic mass is 10.1. The van der Waals surface area contributed by atoms with Crippen molar-refractivity contribution in [2.75, 3.05) is 4.72 Å². The van der Waals surface area contributed by atoms with Crippen LogP contribution in [0.3, 0.4) is 0 Å². The van der Waals surface area contributed by atoms with Crippen molar-refractivity contribution in [2.24, 2.45) is 0 Å². The Labute approximate surface area is 172 Å². The third-order valence-corrected chi connectivity index (χ3v) is 6.36. The van der Waals surface area contributed by atoms with E-state index in [0.717, 1.165) is 16.3 Å². The molecule has 0 aliphatic carbocycles. The second-order valence-electron chi connectivity index (χ2n) is 6.29. The maximum atomic E-state index is 12.7. The van der Waals surface area contributed by atoms with Gasteiger partial charge in [-0.2, -0.15) is 5.10 Å². The van der Waals surface area contributed by atoms with E-state index in [1.807, 2.05) is 30.3 Å². The topological polar surface area (TPSA) is 64.0 Å². The van der Waals surface area contributed by atoms with Gasteiger partial charge in [0.25, 0.3) is 10.0 Å². The van der Waals surface area contributed by atoms with Crippen LogP contribution in [0.5, 0.6) is 0 Å². The first-order valence-corrected chi connectivity index (χ1v) is 10.6. The minimum absolute atomic E-state index is 0.198. The summed E-state index contributed by atoms with van der Waals surface area (Å²) in [5.41, 5.74) is 1.29. The highest BCUT2D eigenvalue weighted by atomic mass is 35.5. The molecule has 0 aliphatic heterocycles. The van der Waals surface area contributed by atoms with Gasteiger partial charge in [0.15, 0.2) is 0 Å². The van der Waals surface area contributed by atoms with Crippen molar-refractivity contribution >= 4 is 49.7 Å². The van der Waals surface area contributed by atoms with E-state index >= 15 is 0 Å². The van der Waals surface area contributed by atoms with Gasteiger partial charge in [0, 0.05) is 6.20 Å². The molecule has 4 aromatic rings. The van der Waals surface area contributed by atoms with E-state index in [4.69, 9.17) is 23.2 Å². The number of nitrogens with one attached hydrogen (secondary N) is 1. The van der Waals surface area contributed by atoms with Crippen LogP contribution in [0.15, 0.2) is 78.0 Å². The Morgan fingerprint density at radius 2 is 1.71 bits per heavy atom. The lowest BCUT2D eigenvalue weighted by molar-refractivity contribution is 0.601. The Hall–Kier alpha value is -2.54. The van der Waals surface area contributed by atoms with Crippen LogP contribution in [0.1, 0.15) is 5.56 Å². The van der Waals surface area contributed by atoms with Gasteiger partial charge < -0.3 is 0 Å². The molecule has 3 aromatic carbocycles. The average molecular weight is 432 g/mol. The molecule has 28 heavy (non-hydrogen) atoms. The SMILES string of the molecule is O=S(=O)(Nc1cnn(Cc2ccc(Cl)c(Cl)c2)c1)c1ccc2ccccc2c1. The highest BCUT2D eigenvalue weighted by Gasteiger charge is 2.16. The molecular formula is C20H15Cl2N3O2S. The number of anilines is 1. The zero-order chi connectivity index (χ0) is 19.7. The summed E-state index contributed by atoms with van der Waals surface area (Å²) < 4.78 is 29.6. The molecule has 0 unspecified atom stereocenters. The summed E-state index contributed by atoms with van der Waals surface area (Å²) >= 11 is 12.0. The molecule has 0 radical (unpaired) electrons. The summed E-state index contributed by atoms with van der Waals surface area (Å²) in [5, 5.41) is 6.99. The van der Waals surface area contributed by atoms with Crippen LogP contribution in [0.2, 0.25) is 10.0 Å². The Balaban J connectivity index is 1.54. The number of aromatic nitrogens is 2. The molecule has 1 aromatic heterocycles. The van der Waals surface area contributed by atoms with Gasteiger partial charge in [-0.05, 0) is 40.6 Å². The van der Waals surface area contributed by atoms with Crippen LogP contribution in [-0.4, -0.2) is 18.2 Å². The van der Waals surface area contributed by atoms with Crippen LogP contribution in [0.25, 0.3) is 10.8 Å². The van der Waals surface area contributed by atoms with Gasteiger partial charge in [0.05, 0.1) is 33.4 Å². The van der Waals surface area contributed by atoms with E-state index in [2.05, 4.69) is 9.82 Å². The Kier molecular flexibility index (Phi) is 5.02. The highest BCUT2D eigenvalue weighted by molar-refractivity contribution is 7.92. The number of sulfonamides is 1. The van der Waals surface area contributed by atoms with Crippen molar-refractivity contribution in [3.8, 4) is 0 Å². The van der Waals surface area contributed by atoms with Crippen LogP contribution >= 0.6 is 23.2 Å². The Morgan fingerprint density at radius 3 is 2.50 bits per heavy atom. The smallest absolute Gasteiger partial charge is 0.262 e. The van der Waals surface area contributed by atoms with E-state index < -0.39 is 10.0 Å². The fourth-order valence-electron chi connectivity index (χ4n) is 2.88. The van der Waals surface area contributed by atoms with Crippen LogP contribution < -0.4 is 4.72 Å². The number of benzene rings is 3. The standard InChI is InChI=1S/C20H15Cl2N3O2S/c21-19-8-5-14(9-20(19)22)12-25-13-17(11-23-25)24-28(26,27)18-7-6-15-3-1-2-4-16(15)10-18/h1-11,13,24H,12H2. The van der Waals surface area contributed by atoms with Gasteiger partial charge in [0.1, 0.15) is 0 Å². The fraction of sp³-hybridized carbons (Fsp3) is 0.0500. The Morgan fingerprint density at radius 1 is 0.929 bits per heavy atom. The van der Waals surface area contributed by atoms with E-state index in [1.165, 1.54) is 6.20 Å². The lowest BCUT2D eigenvalue weighted by Gasteiger charge is -2.07. The van der Waals surface area contributed by atoms with Crippen molar-refractivity contribution in [2.45, 2.75) is 11.4 Å². The van der Waals surface area contributed by atoms with Gasteiger partial charge in [-0.25, -0.2) is 8.42 Å². The molecule has 5 nitrogen and oxygen atoms in total. The molecule has 1 N–H and O–H groups in total. The number of nitrogens with zero attached hydrogens (tertiary/aromatic N) is 2. The van der Waals surface area contributed by atoms with Crippen molar-refractivity contribution < 1.29 is 8.42 Å². The third kappa shape index (κ3) is 3.99. The fourth-order valence-corrected chi connectivity index (χ4v) is 4.26. The van der Waals surface area contributed by atoms with Crippen LogP contribution in [0.4, 0.5) is 5.69 Å². The summed E-state index contributed by atoms with van der Waals surface area (Å²) in [6.07, 6.45) is 3.09. The summed E-state index contributed by atoms with van der Waals surface area (Å²) in [6.45, 7) is 0.439. The van der Waals surface area contributed by atoms with E-state index in [1.54, 1.807) is 41.2 Å². The minimum atomic E-state index is -3.72. The first-order chi connectivity index (χ1) is 13.4. The molecule has 0 aliphatic rings. The lowest BCUT2D eigenvalue weighted by Crippen LogP contribution is -2.12. The van der Waals surface area contributed by atoms with Crippen molar-refractivity contribution in [1.82, 2.24) is 9.78 Å². The first kappa shape index (κ1) is 18.8. The zero-order valence-electron chi connectivity index (χ0n) is 14.5. The second-order valence-corrected chi connectivity index (χ2v) is 8.79. The summed E-state index contributed by atoms with van der Waals surface area (Å²) in [4.78, 5) is 0.198. The van der Waals surface area contributed by atoms with Crippen molar-refractivity contribution in [3.05, 3.63) is 88.7 Å². The maximum absolute atomic E-state index is 12.7. The monoisotopic (exact) mass is 431 g/mol. The molecule has 0 saturated carbocycles. The third-order valence-electron chi connectivity index (χ3n) is 4.25. The zero-order valence-corrected chi connectivity index (χ0v) is 16.8. The van der Waals surface area contributed by atoms with Gasteiger partial charge in [0.2, 0.25) is 0 Å². The van der Waals surface area contributed by atoms with E-state index in [9.17, 15) is 8.42 Å². The molecule has 0 fully saturated rings. The number of hydrogen-bond donors (Lipinski definition) is 1. The summed E-state index contributed by atoms with van der Waals surface area (Å²) in [5.74, 6) is 0. The molecule has 0 saturated heterocycles. The second kappa shape index (κ2) is 7.47. The first-order valence-electron chi connectivity index (χ1n) is 8.39. The largest absolute Gasteiger partial charge is 0.276 e. The Bertz CT molecular complexity index is 1270. The molecule has 0 atom stereocenters. The van der Waals surface area contributed by atoms with E-state index in [0.29, 0.717) is 22.3 Å². The van der Waals surface area contributed by atoms with Crippen LogP contribution in [0, 0.1) is 0 Å².